The molecule has 0 radical (unpaired) electrons. The lowest BCUT2D eigenvalue weighted by molar-refractivity contribution is -0.890. The van der Waals surface area contributed by atoms with Crippen LogP contribution in [-0.2, 0) is 0 Å². The van der Waals surface area contributed by atoms with Crippen LogP contribution in [0.4, 0.5) is 5.69 Å². The molecule has 2 aromatic carbocycles. The molecule has 0 aliphatic rings. The molecule has 5 heteroatoms. The molecule has 0 atom stereocenters. The molecule has 0 amide bonds. The Morgan fingerprint density at radius 1 is 0.469 bits per heavy atom. The Morgan fingerprint density at radius 3 is 1.35 bits per heavy atom. The van der Waals surface area contributed by atoms with Crippen LogP contribution < -0.4 is 9.47 Å². The first-order valence-corrected chi connectivity index (χ1v) is 20.3. The summed E-state index contributed by atoms with van der Waals surface area (Å²) >= 11 is 0. The van der Waals surface area contributed by atoms with Crippen LogP contribution in [0.25, 0.3) is 0 Å². The predicted molar refractivity (Wildman–Crippen MR) is 214 cm³/mol. The summed E-state index contributed by atoms with van der Waals surface area (Å²) in [6, 6.07) is 16.2. The molecule has 0 spiro atoms. The average Bonchev–Trinajstić information content (AvgIpc) is 3.07. The summed E-state index contributed by atoms with van der Waals surface area (Å²) in [5.74, 6) is 1.83. The van der Waals surface area contributed by atoms with Crippen molar-refractivity contribution >= 4 is 11.9 Å². The van der Waals surface area contributed by atoms with Crippen LogP contribution in [0.2, 0.25) is 0 Å². The van der Waals surface area contributed by atoms with Crippen molar-refractivity contribution in [2.45, 2.75) is 135 Å². The highest BCUT2D eigenvalue weighted by molar-refractivity contribution is 5.82. The molecule has 0 heterocycles. The van der Waals surface area contributed by atoms with Crippen molar-refractivity contribution in [3.63, 3.8) is 0 Å². The Hall–Kier alpha value is -2.37. The van der Waals surface area contributed by atoms with Crippen molar-refractivity contribution in [1.29, 1.82) is 0 Å². The molecular weight excluding hydrogens is 603 g/mol. The fourth-order valence-corrected chi connectivity index (χ4v) is 6.25. The molecule has 0 bridgehead atoms. The molecule has 0 fully saturated rings. The topological polar surface area (TPSA) is 30.8 Å². The highest BCUT2D eigenvalue weighted by atomic mass is 16.5. The van der Waals surface area contributed by atoms with E-state index < -0.39 is 0 Å². The zero-order valence-electron chi connectivity index (χ0n) is 33.0. The third-order valence-corrected chi connectivity index (χ3v) is 9.65. The van der Waals surface area contributed by atoms with Gasteiger partial charge in [0.05, 0.1) is 60.6 Å². The van der Waals surface area contributed by atoms with E-state index in [2.05, 4.69) is 59.3 Å². The summed E-state index contributed by atoms with van der Waals surface area (Å²) in [4.78, 5) is 4.61. The van der Waals surface area contributed by atoms with Gasteiger partial charge in [-0.15, -0.1) is 0 Å². The Kier molecular flexibility index (Phi) is 23.1. The van der Waals surface area contributed by atoms with E-state index in [4.69, 9.17) is 9.47 Å². The smallest absolute Gasteiger partial charge is 0.137 e. The number of hydrogen-bond donors (Lipinski definition) is 0. The van der Waals surface area contributed by atoms with Gasteiger partial charge in [-0.25, -0.2) is 0 Å². The second-order valence-corrected chi connectivity index (χ2v) is 16.1. The van der Waals surface area contributed by atoms with Gasteiger partial charge in [0.15, 0.2) is 0 Å². The summed E-state index contributed by atoms with van der Waals surface area (Å²) in [5.41, 5.74) is 1.99. The SMILES string of the molecule is CCCCCCCCCCCC[N+](C)(C)CCCCCCCCCCCCOc1ccc(C=Nc2ccc(OCC[N+](C)(C)C)cc2)cc1. The second kappa shape index (κ2) is 26.4. The molecule has 5 nitrogen and oxygen atoms in total. The number of ether oxygens (including phenoxy) is 2. The first-order chi connectivity index (χ1) is 23.7. The van der Waals surface area contributed by atoms with Crippen molar-refractivity contribution in [3.8, 4) is 11.5 Å². The van der Waals surface area contributed by atoms with Gasteiger partial charge in [0.1, 0.15) is 24.7 Å². The Balaban J connectivity index is 1.39. The van der Waals surface area contributed by atoms with Gasteiger partial charge in [-0.3, -0.25) is 4.99 Å². The van der Waals surface area contributed by atoms with E-state index in [9.17, 15) is 0 Å². The Morgan fingerprint density at radius 2 is 0.878 bits per heavy atom. The number of benzene rings is 2. The maximum absolute atomic E-state index is 5.99. The average molecular weight is 680 g/mol. The lowest BCUT2D eigenvalue weighted by Gasteiger charge is -2.30. The molecule has 49 heavy (non-hydrogen) atoms. The molecule has 278 valence electrons. The van der Waals surface area contributed by atoms with Crippen LogP contribution >= 0.6 is 0 Å². The number of rotatable bonds is 31. The van der Waals surface area contributed by atoms with E-state index in [0.717, 1.165) is 46.8 Å². The summed E-state index contributed by atoms with van der Waals surface area (Å²) in [7, 11) is 11.4. The highest BCUT2D eigenvalue weighted by Gasteiger charge is 2.13. The van der Waals surface area contributed by atoms with Crippen molar-refractivity contribution in [1.82, 2.24) is 0 Å². The number of unbranched alkanes of at least 4 members (excludes halogenated alkanes) is 18. The summed E-state index contributed by atoms with van der Waals surface area (Å²) < 4.78 is 13.9. The summed E-state index contributed by atoms with van der Waals surface area (Å²) in [6.45, 7) is 7.48. The minimum absolute atomic E-state index is 0.707. The van der Waals surface area contributed by atoms with Crippen LogP contribution in [0.5, 0.6) is 11.5 Å². The van der Waals surface area contributed by atoms with Crippen molar-refractivity contribution in [2.75, 3.05) is 68.1 Å². The zero-order chi connectivity index (χ0) is 35.5. The largest absolute Gasteiger partial charge is 0.494 e. The van der Waals surface area contributed by atoms with E-state index in [1.165, 1.54) is 140 Å². The summed E-state index contributed by atoms with van der Waals surface area (Å²) in [6.07, 6.45) is 29.7. The first-order valence-electron chi connectivity index (χ1n) is 20.3. The van der Waals surface area contributed by atoms with Gasteiger partial charge in [-0.1, -0.05) is 103 Å². The van der Waals surface area contributed by atoms with E-state index in [-0.39, 0.29) is 0 Å². The molecular formula is C44H77N3O2+2. The third kappa shape index (κ3) is 24.4. The van der Waals surface area contributed by atoms with Crippen molar-refractivity contribution in [3.05, 3.63) is 54.1 Å². The monoisotopic (exact) mass is 680 g/mol. The Labute approximate surface area is 303 Å². The lowest BCUT2D eigenvalue weighted by atomic mass is 10.1. The minimum atomic E-state index is 0.707. The first kappa shape index (κ1) is 42.8. The number of nitrogens with zero attached hydrogens (tertiary/aromatic N) is 3. The lowest BCUT2D eigenvalue weighted by Crippen LogP contribution is -2.41. The molecule has 0 saturated carbocycles. The fourth-order valence-electron chi connectivity index (χ4n) is 6.25. The van der Waals surface area contributed by atoms with E-state index in [0.29, 0.717) is 6.61 Å². The third-order valence-electron chi connectivity index (χ3n) is 9.65. The second-order valence-electron chi connectivity index (χ2n) is 16.1. The standard InChI is InChI=1S/C44H77N3O2/c1-7-8-9-10-11-12-15-18-21-24-35-47(5,6)36-25-22-19-16-13-14-17-20-23-26-38-48-43-31-27-41(28-32-43)40-45-42-29-33-44(34-30-42)49-39-37-46(2,3)4/h27-34,40H,7-26,35-39H2,1-6H3/q+2. The van der Waals surface area contributed by atoms with Crippen LogP contribution in [0, 0.1) is 0 Å². The van der Waals surface area contributed by atoms with Crippen molar-refractivity contribution in [2.24, 2.45) is 4.99 Å². The molecule has 0 unspecified atom stereocenters. The van der Waals surface area contributed by atoms with Crippen LogP contribution in [0.3, 0.4) is 0 Å². The van der Waals surface area contributed by atoms with E-state index in [1.54, 1.807) is 0 Å². The van der Waals surface area contributed by atoms with Crippen LogP contribution in [0.1, 0.15) is 141 Å². The minimum Gasteiger partial charge on any atom is -0.494 e. The van der Waals surface area contributed by atoms with Gasteiger partial charge in [-0.2, -0.15) is 0 Å². The molecule has 2 aromatic rings. The van der Waals surface area contributed by atoms with Gasteiger partial charge in [0.25, 0.3) is 0 Å². The maximum Gasteiger partial charge on any atom is 0.137 e. The molecule has 0 aliphatic carbocycles. The zero-order valence-corrected chi connectivity index (χ0v) is 33.0. The quantitative estimate of drug-likeness (QED) is 0.0451. The van der Waals surface area contributed by atoms with Gasteiger partial charge in [-0.05, 0) is 86.2 Å². The predicted octanol–water partition coefficient (Wildman–Crippen LogP) is 11.8. The molecule has 0 aliphatic heterocycles. The van der Waals surface area contributed by atoms with Crippen LogP contribution in [-0.4, -0.2) is 83.3 Å². The molecule has 0 saturated heterocycles. The summed E-state index contributed by atoms with van der Waals surface area (Å²) in [5, 5.41) is 0. The van der Waals surface area contributed by atoms with Crippen molar-refractivity contribution < 1.29 is 18.4 Å². The van der Waals surface area contributed by atoms with E-state index in [1.807, 2.05) is 42.6 Å². The fraction of sp³-hybridized carbons (Fsp3) is 0.705. The number of likely N-dealkylation sites (N-methyl/N-ethyl adjacent to an activating group) is 1. The van der Waals surface area contributed by atoms with Gasteiger partial charge >= 0.3 is 0 Å². The molecule has 0 N–H and O–H groups in total. The van der Waals surface area contributed by atoms with E-state index >= 15 is 0 Å². The number of aliphatic imine (C=N–C) groups is 1. The van der Waals surface area contributed by atoms with Gasteiger partial charge in [0.2, 0.25) is 0 Å². The van der Waals surface area contributed by atoms with Crippen LogP contribution in [0.15, 0.2) is 53.5 Å². The van der Waals surface area contributed by atoms with Gasteiger partial charge < -0.3 is 18.4 Å². The highest BCUT2D eigenvalue weighted by Crippen LogP contribution is 2.19. The number of quaternary nitrogens is 2. The molecule has 0 aromatic heterocycles. The Bertz CT molecular complexity index is 1070. The van der Waals surface area contributed by atoms with Gasteiger partial charge in [0, 0.05) is 6.21 Å². The number of hydrogen-bond acceptors (Lipinski definition) is 3. The maximum atomic E-state index is 5.99. The molecule has 2 rings (SSSR count). The normalized spacial score (nSPS) is 12.2.